The Balaban J connectivity index is 2.33. The molecule has 3 heteroatoms. The number of hydrogen-bond donors (Lipinski definition) is 2. The minimum Gasteiger partial charge on any atom is -0.394 e. The van der Waals surface area contributed by atoms with Gasteiger partial charge in [0.2, 0.25) is 0 Å². The molecule has 1 atom stereocenters. The first-order valence-corrected chi connectivity index (χ1v) is 5.66. The molecule has 0 saturated heterocycles. The SMILES string of the molecule is CCOC1CC(CO)(NC(C)CC)C1. The zero-order chi connectivity index (χ0) is 10.6. The zero-order valence-electron chi connectivity index (χ0n) is 9.55. The third-order valence-corrected chi connectivity index (χ3v) is 3.11. The van der Waals surface area contributed by atoms with Gasteiger partial charge < -0.3 is 15.2 Å². The van der Waals surface area contributed by atoms with E-state index in [4.69, 9.17) is 4.74 Å². The molecule has 0 aromatic carbocycles. The normalized spacial score (nSPS) is 33.9. The van der Waals surface area contributed by atoms with Crippen LogP contribution in [0.25, 0.3) is 0 Å². The lowest BCUT2D eigenvalue weighted by molar-refractivity contribution is -0.0725. The molecule has 1 fully saturated rings. The lowest BCUT2D eigenvalue weighted by Crippen LogP contribution is -2.62. The molecule has 0 aromatic rings. The molecule has 0 aromatic heterocycles. The second-order valence-corrected chi connectivity index (χ2v) is 4.38. The molecule has 84 valence electrons. The maximum atomic E-state index is 9.35. The fraction of sp³-hybridized carbons (Fsp3) is 1.00. The van der Waals surface area contributed by atoms with Crippen LogP contribution in [0.3, 0.4) is 0 Å². The Labute approximate surface area is 86.8 Å². The van der Waals surface area contributed by atoms with Gasteiger partial charge in [-0.2, -0.15) is 0 Å². The van der Waals surface area contributed by atoms with Crippen molar-refractivity contribution in [3.8, 4) is 0 Å². The Morgan fingerprint density at radius 2 is 2.14 bits per heavy atom. The number of hydrogen-bond acceptors (Lipinski definition) is 3. The maximum Gasteiger partial charge on any atom is 0.0615 e. The van der Waals surface area contributed by atoms with Gasteiger partial charge in [-0.3, -0.25) is 0 Å². The molecule has 0 bridgehead atoms. The van der Waals surface area contributed by atoms with Gasteiger partial charge >= 0.3 is 0 Å². The van der Waals surface area contributed by atoms with E-state index in [1.807, 2.05) is 6.92 Å². The van der Waals surface area contributed by atoms with Gasteiger partial charge in [0.1, 0.15) is 0 Å². The van der Waals surface area contributed by atoms with Crippen LogP contribution in [0.2, 0.25) is 0 Å². The molecule has 0 spiro atoms. The minimum atomic E-state index is -0.0603. The topological polar surface area (TPSA) is 41.5 Å². The highest BCUT2D eigenvalue weighted by molar-refractivity contribution is 5.02. The predicted octanol–water partition coefficient (Wildman–Crippen LogP) is 1.30. The van der Waals surface area contributed by atoms with Crippen molar-refractivity contribution in [2.45, 2.75) is 57.7 Å². The van der Waals surface area contributed by atoms with Crippen molar-refractivity contribution in [1.82, 2.24) is 5.32 Å². The fourth-order valence-electron chi connectivity index (χ4n) is 2.08. The lowest BCUT2D eigenvalue weighted by Gasteiger charge is -2.48. The van der Waals surface area contributed by atoms with Crippen molar-refractivity contribution in [3.63, 3.8) is 0 Å². The summed E-state index contributed by atoms with van der Waals surface area (Å²) in [5.74, 6) is 0. The number of ether oxygens (including phenoxy) is 1. The summed E-state index contributed by atoms with van der Waals surface area (Å²) < 4.78 is 5.50. The molecule has 3 nitrogen and oxygen atoms in total. The summed E-state index contributed by atoms with van der Waals surface area (Å²) in [6, 6.07) is 0.477. The van der Waals surface area contributed by atoms with Crippen LogP contribution in [-0.4, -0.2) is 36.0 Å². The second kappa shape index (κ2) is 5.10. The first kappa shape index (κ1) is 12.0. The van der Waals surface area contributed by atoms with E-state index in [0.717, 1.165) is 25.9 Å². The van der Waals surface area contributed by atoms with E-state index in [9.17, 15) is 5.11 Å². The van der Waals surface area contributed by atoms with Crippen molar-refractivity contribution in [2.24, 2.45) is 0 Å². The third-order valence-electron chi connectivity index (χ3n) is 3.11. The van der Waals surface area contributed by atoms with E-state index in [1.54, 1.807) is 0 Å². The second-order valence-electron chi connectivity index (χ2n) is 4.38. The van der Waals surface area contributed by atoms with Gasteiger partial charge in [0, 0.05) is 18.2 Å². The molecule has 1 rings (SSSR count). The van der Waals surface area contributed by atoms with Crippen molar-refractivity contribution >= 4 is 0 Å². The minimum absolute atomic E-state index is 0.0603. The molecule has 14 heavy (non-hydrogen) atoms. The Hall–Kier alpha value is -0.120. The van der Waals surface area contributed by atoms with Crippen LogP contribution in [0.1, 0.15) is 40.0 Å². The monoisotopic (exact) mass is 201 g/mol. The summed E-state index contributed by atoms with van der Waals surface area (Å²) >= 11 is 0. The van der Waals surface area contributed by atoms with E-state index in [2.05, 4.69) is 19.2 Å². The fourth-order valence-corrected chi connectivity index (χ4v) is 2.08. The van der Waals surface area contributed by atoms with Gasteiger partial charge in [0.15, 0.2) is 0 Å². The zero-order valence-corrected chi connectivity index (χ0v) is 9.55. The van der Waals surface area contributed by atoms with E-state index in [-0.39, 0.29) is 12.1 Å². The first-order valence-electron chi connectivity index (χ1n) is 5.66. The smallest absolute Gasteiger partial charge is 0.0615 e. The van der Waals surface area contributed by atoms with Crippen LogP contribution in [0.15, 0.2) is 0 Å². The van der Waals surface area contributed by atoms with Gasteiger partial charge in [-0.05, 0) is 33.1 Å². The standard InChI is InChI=1S/C11H23NO2/c1-4-9(3)12-11(8-13)6-10(7-11)14-5-2/h9-10,12-13H,4-8H2,1-3H3. The number of nitrogens with one attached hydrogen (secondary N) is 1. The van der Waals surface area contributed by atoms with Crippen LogP contribution in [0.4, 0.5) is 0 Å². The largest absolute Gasteiger partial charge is 0.394 e. The average molecular weight is 201 g/mol. The Morgan fingerprint density at radius 3 is 2.57 bits per heavy atom. The summed E-state index contributed by atoms with van der Waals surface area (Å²) in [5, 5.41) is 12.8. The Bertz CT molecular complexity index is 167. The van der Waals surface area contributed by atoms with Gasteiger partial charge in [0.05, 0.1) is 12.7 Å². The van der Waals surface area contributed by atoms with Crippen LogP contribution < -0.4 is 5.32 Å². The molecule has 0 amide bonds. The van der Waals surface area contributed by atoms with Crippen LogP contribution >= 0.6 is 0 Å². The molecule has 0 aliphatic heterocycles. The number of aliphatic hydroxyl groups is 1. The van der Waals surface area contributed by atoms with Crippen molar-refractivity contribution < 1.29 is 9.84 Å². The van der Waals surface area contributed by atoms with Gasteiger partial charge in [-0.15, -0.1) is 0 Å². The summed E-state index contributed by atoms with van der Waals surface area (Å²) in [5.41, 5.74) is -0.0603. The molecule has 2 N–H and O–H groups in total. The van der Waals surface area contributed by atoms with E-state index >= 15 is 0 Å². The van der Waals surface area contributed by atoms with Gasteiger partial charge in [0.25, 0.3) is 0 Å². The summed E-state index contributed by atoms with van der Waals surface area (Å²) in [6.07, 6.45) is 3.34. The maximum absolute atomic E-state index is 9.35. The quantitative estimate of drug-likeness (QED) is 0.680. The molecule has 0 radical (unpaired) electrons. The molecular formula is C11H23NO2. The lowest BCUT2D eigenvalue weighted by atomic mass is 9.74. The number of aliphatic hydroxyl groups excluding tert-OH is 1. The predicted molar refractivity (Wildman–Crippen MR) is 57.4 cm³/mol. The van der Waals surface area contributed by atoms with Gasteiger partial charge in [-0.1, -0.05) is 6.92 Å². The van der Waals surface area contributed by atoms with Crippen molar-refractivity contribution in [2.75, 3.05) is 13.2 Å². The molecule has 1 aliphatic carbocycles. The highest BCUT2D eigenvalue weighted by Gasteiger charge is 2.44. The molecule has 1 unspecified atom stereocenters. The molecular weight excluding hydrogens is 178 g/mol. The van der Waals surface area contributed by atoms with Crippen LogP contribution in [0, 0.1) is 0 Å². The van der Waals surface area contributed by atoms with Crippen molar-refractivity contribution in [1.29, 1.82) is 0 Å². The Kier molecular flexibility index (Phi) is 4.35. The molecule has 1 saturated carbocycles. The first-order chi connectivity index (χ1) is 6.65. The Morgan fingerprint density at radius 1 is 1.50 bits per heavy atom. The van der Waals surface area contributed by atoms with E-state index < -0.39 is 0 Å². The van der Waals surface area contributed by atoms with Crippen LogP contribution in [0.5, 0.6) is 0 Å². The van der Waals surface area contributed by atoms with E-state index in [1.165, 1.54) is 0 Å². The average Bonchev–Trinajstić information content (AvgIpc) is 2.14. The summed E-state index contributed by atoms with van der Waals surface area (Å²) in [6.45, 7) is 7.32. The summed E-state index contributed by atoms with van der Waals surface area (Å²) in [4.78, 5) is 0. The summed E-state index contributed by atoms with van der Waals surface area (Å²) in [7, 11) is 0. The van der Waals surface area contributed by atoms with Crippen molar-refractivity contribution in [3.05, 3.63) is 0 Å². The van der Waals surface area contributed by atoms with Crippen LogP contribution in [-0.2, 0) is 4.74 Å². The van der Waals surface area contributed by atoms with E-state index in [0.29, 0.717) is 12.1 Å². The highest BCUT2D eigenvalue weighted by Crippen LogP contribution is 2.34. The molecule has 0 heterocycles. The number of rotatable bonds is 6. The third kappa shape index (κ3) is 2.69. The highest BCUT2D eigenvalue weighted by atomic mass is 16.5. The van der Waals surface area contributed by atoms with Gasteiger partial charge in [-0.25, -0.2) is 0 Å². The molecule has 1 aliphatic rings.